The summed E-state index contributed by atoms with van der Waals surface area (Å²) >= 11 is 4.73. The van der Waals surface area contributed by atoms with Gasteiger partial charge in [-0.15, -0.1) is 0 Å². The first kappa shape index (κ1) is 53.2. The summed E-state index contributed by atoms with van der Waals surface area (Å²) in [6, 6.07) is -2.89. The lowest BCUT2D eigenvalue weighted by Gasteiger charge is -2.25. The van der Waals surface area contributed by atoms with Gasteiger partial charge in [-0.2, -0.15) is 35.3 Å². The molecule has 2 fully saturated rings. The summed E-state index contributed by atoms with van der Waals surface area (Å²) < 4.78 is 0. The van der Waals surface area contributed by atoms with Gasteiger partial charge < -0.3 is 48.3 Å². The third-order valence-corrected chi connectivity index (χ3v) is 12.8. The van der Waals surface area contributed by atoms with Gasteiger partial charge in [0.05, 0.1) is 25.2 Å². The van der Waals surface area contributed by atoms with Gasteiger partial charge in [-0.1, -0.05) is 20.3 Å². The fourth-order valence-corrected chi connectivity index (χ4v) is 9.31. The lowest BCUT2D eigenvalue weighted by atomic mass is 9.92. The van der Waals surface area contributed by atoms with Gasteiger partial charge in [-0.25, -0.2) is 10.3 Å². The van der Waals surface area contributed by atoms with E-state index in [-0.39, 0.29) is 55.6 Å². The number of nitrogens with two attached hydrogens (primary N) is 1. The van der Waals surface area contributed by atoms with Gasteiger partial charge in [0.1, 0.15) is 18.1 Å². The third-order valence-electron chi connectivity index (χ3n) is 10.0. The summed E-state index contributed by atoms with van der Waals surface area (Å²) in [5.41, 5.74) is 7.02. The van der Waals surface area contributed by atoms with Crippen molar-refractivity contribution in [1.29, 1.82) is 0 Å². The Balaban J connectivity index is 1.74. The quantitative estimate of drug-likeness (QED) is 0.0177. The topological polar surface area (TPSA) is 308 Å². The molecule has 0 aromatic carbocycles. The second-order valence-electron chi connectivity index (χ2n) is 15.5. The van der Waals surface area contributed by atoms with Crippen LogP contribution in [0.3, 0.4) is 0 Å². The van der Waals surface area contributed by atoms with Crippen LogP contribution < -0.4 is 53.7 Å². The largest absolute Gasteiger partial charge is 0.368 e. The van der Waals surface area contributed by atoms with Crippen molar-refractivity contribution in [3.8, 4) is 0 Å². The van der Waals surface area contributed by atoms with Crippen LogP contribution in [0.25, 0.3) is 0 Å². The zero-order valence-electron chi connectivity index (χ0n) is 35.6. The second-order valence-corrected chi connectivity index (χ2v) is 18.7. The van der Waals surface area contributed by atoms with Gasteiger partial charge in [-0.3, -0.25) is 43.6 Å². The van der Waals surface area contributed by atoms with Crippen LogP contribution in [0, 0.1) is 11.8 Å². The maximum absolute atomic E-state index is 13.4. The molecular formula is C38H66N10O10S3. The fourth-order valence-electron chi connectivity index (χ4n) is 6.82. The highest BCUT2D eigenvalue weighted by molar-refractivity contribution is 8.00. The van der Waals surface area contributed by atoms with E-state index in [0.29, 0.717) is 49.0 Å². The average molecular weight is 919 g/mol. The lowest BCUT2D eigenvalue weighted by Crippen LogP contribution is -2.55. The number of thioether (sulfide) groups is 3. The van der Waals surface area contributed by atoms with Crippen LogP contribution in [0.1, 0.15) is 84.5 Å². The standard InChI is InChI=1S/C38H66N10O10S3/c1-22(2)17-23(18-30(50)48-58)35(54)44-26(13-16-60-4)37(56)45-25(12-15-59-3)36(55)42-19-31(51)41-20-32(52)43-24(34(39)53)9-7-8-14-40-29(49)11-6-5-10-28-33-27(21-61-28)46-38(57)47-33/h22-28,33,58H,5-21H2,1-4H3,(H2,39,53)(H,40,49)(H,41,51)(H,42,55)(H,43,52)(H,44,54)(H,45,56)(H,48,50)(H2,46,47,57)/t23?,24-,25-,26-,27-,28-,33-/m0/s1. The molecule has 1 unspecified atom stereocenters. The number of rotatable bonds is 31. The average Bonchev–Trinajstić information content (AvgIpc) is 3.78. The number of unbranched alkanes of at least 4 members (excludes halogenated alkanes) is 2. The Kier molecular flexibility index (Phi) is 25.6. The maximum atomic E-state index is 13.4. The number of amides is 10. The van der Waals surface area contributed by atoms with Crippen molar-refractivity contribution >= 4 is 88.6 Å². The Morgan fingerprint density at radius 1 is 0.754 bits per heavy atom. The summed E-state index contributed by atoms with van der Waals surface area (Å²) in [4.78, 5) is 113. The summed E-state index contributed by atoms with van der Waals surface area (Å²) in [6.45, 7) is 3.13. The smallest absolute Gasteiger partial charge is 0.315 e. The number of urea groups is 1. The van der Waals surface area contributed by atoms with Crippen LogP contribution in [0.5, 0.6) is 0 Å². The minimum atomic E-state index is -1.06. The molecule has 2 aliphatic heterocycles. The minimum Gasteiger partial charge on any atom is -0.368 e. The molecule has 23 heteroatoms. The van der Waals surface area contributed by atoms with E-state index < -0.39 is 78.5 Å². The van der Waals surface area contributed by atoms with Crippen LogP contribution in [-0.4, -0.2) is 143 Å². The van der Waals surface area contributed by atoms with Gasteiger partial charge in [0.2, 0.25) is 47.3 Å². The van der Waals surface area contributed by atoms with Crippen molar-refractivity contribution < 1.29 is 48.4 Å². The molecule has 10 amide bonds. The maximum Gasteiger partial charge on any atom is 0.315 e. The molecule has 2 saturated heterocycles. The van der Waals surface area contributed by atoms with Gasteiger partial charge in [0.15, 0.2) is 0 Å². The summed E-state index contributed by atoms with van der Waals surface area (Å²) in [7, 11) is 0. The molecule has 12 N–H and O–H groups in total. The predicted molar refractivity (Wildman–Crippen MR) is 235 cm³/mol. The number of primary amides is 1. The fraction of sp³-hybridized carbons (Fsp3) is 0.763. The summed E-state index contributed by atoms with van der Waals surface area (Å²) in [6.07, 6.45) is 8.32. The SMILES string of the molecule is CSCC[C@H](NC(=O)C(CC(=O)NO)CC(C)C)C(=O)N[C@@H](CCSC)C(=O)NCC(=O)NCC(=O)N[C@@H](CCCCNC(=O)CCCC[C@@H]1SC[C@@H]2NC(=O)N[C@@H]21)C(N)=O. The molecule has 2 heterocycles. The lowest BCUT2D eigenvalue weighted by molar-refractivity contribution is -0.137. The van der Waals surface area contributed by atoms with Crippen molar-refractivity contribution in [2.75, 3.05) is 49.4 Å². The molecule has 7 atom stereocenters. The number of carbonyl (C=O) groups is 9. The van der Waals surface area contributed by atoms with Gasteiger partial charge >= 0.3 is 6.03 Å². The monoisotopic (exact) mass is 918 g/mol. The summed E-state index contributed by atoms with van der Waals surface area (Å²) in [5.74, 6) is -3.64. The van der Waals surface area contributed by atoms with Crippen molar-refractivity contribution in [3.05, 3.63) is 0 Å². The molecule has 0 spiro atoms. The Morgan fingerprint density at radius 3 is 2.05 bits per heavy atom. The molecule has 0 aromatic heterocycles. The molecule has 61 heavy (non-hydrogen) atoms. The van der Waals surface area contributed by atoms with E-state index in [9.17, 15) is 43.2 Å². The van der Waals surface area contributed by atoms with E-state index in [1.807, 2.05) is 38.1 Å². The number of hydrogen-bond donors (Lipinski definition) is 11. The van der Waals surface area contributed by atoms with Gasteiger partial charge in [0.25, 0.3) is 0 Å². The molecule has 20 nitrogen and oxygen atoms in total. The highest BCUT2D eigenvalue weighted by Crippen LogP contribution is 2.33. The first-order chi connectivity index (χ1) is 29.1. The van der Waals surface area contributed by atoms with Crippen molar-refractivity contribution in [3.63, 3.8) is 0 Å². The molecular weight excluding hydrogens is 853 g/mol. The molecule has 0 aromatic rings. The second kappa shape index (κ2) is 29.4. The number of carbonyl (C=O) groups excluding carboxylic acids is 9. The van der Waals surface area contributed by atoms with Crippen LogP contribution in [0.2, 0.25) is 0 Å². The Labute approximate surface area is 370 Å². The predicted octanol–water partition coefficient (Wildman–Crippen LogP) is -0.765. The molecule has 0 radical (unpaired) electrons. The first-order valence-electron chi connectivity index (χ1n) is 20.7. The van der Waals surface area contributed by atoms with E-state index in [1.165, 1.54) is 29.0 Å². The van der Waals surface area contributed by atoms with Crippen LogP contribution in [0.4, 0.5) is 4.79 Å². The molecule has 2 aliphatic rings. The van der Waals surface area contributed by atoms with E-state index in [1.54, 1.807) is 0 Å². The molecule has 0 aliphatic carbocycles. The van der Waals surface area contributed by atoms with Gasteiger partial charge in [0, 0.05) is 36.3 Å². The molecule has 0 bridgehead atoms. The van der Waals surface area contributed by atoms with Crippen molar-refractivity contribution in [1.82, 2.24) is 48.0 Å². The number of hydrogen-bond acceptors (Lipinski definition) is 13. The highest BCUT2D eigenvalue weighted by atomic mass is 32.2. The molecule has 2 rings (SSSR count). The molecule has 0 saturated carbocycles. The highest BCUT2D eigenvalue weighted by Gasteiger charge is 2.42. The van der Waals surface area contributed by atoms with Crippen molar-refractivity contribution in [2.45, 2.75) is 120 Å². The number of nitrogens with one attached hydrogen (secondary N) is 9. The third kappa shape index (κ3) is 21.1. The zero-order valence-corrected chi connectivity index (χ0v) is 38.0. The van der Waals surface area contributed by atoms with Crippen molar-refractivity contribution in [2.24, 2.45) is 17.6 Å². The van der Waals surface area contributed by atoms with E-state index in [4.69, 9.17) is 10.9 Å². The number of hydroxylamine groups is 1. The first-order valence-corrected chi connectivity index (χ1v) is 24.5. The normalized spacial score (nSPS) is 18.6. The summed E-state index contributed by atoms with van der Waals surface area (Å²) in [5, 5.41) is 30.8. The van der Waals surface area contributed by atoms with Crippen LogP contribution in [0.15, 0.2) is 0 Å². The Morgan fingerprint density at radius 2 is 1.41 bits per heavy atom. The number of fused-ring (bicyclic) bond motifs is 1. The van der Waals surface area contributed by atoms with Crippen LogP contribution >= 0.6 is 35.3 Å². The Bertz CT molecular complexity index is 1500. The van der Waals surface area contributed by atoms with E-state index in [0.717, 1.165) is 25.0 Å². The molecule has 346 valence electrons. The Hall–Kier alpha value is -3.96. The van der Waals surface area contributed by atoms with E-state index in [2.05, 4.69) is 42.5 Å². The zero-order chi connectivity index (χ0) is 45.3. The minimum absolute atomic E-state index is 0.0442. The van der Waals surface area contributed by atoms with Crippen LogP contribution in [-0.2, 0) is 38.4 Å². The van der Waals surface area contributed by atoms with E-state index >= 15 is 0 Å². The van der Waals surface area contributed by atoms with Gasteiger partial charge in [-0.05, 0) is 81.3 Å².